The molecular weight excluding hydrogens is 299 g/mol. The van der Waals surface area contributed by atoms with Crippen molar-refractivity contribution in [1.82, 2.24) is 4.98 Å². The van der Waals surface area contributed by atoms with Crippen LogP contribution in [0.25, 0.3) is 10.6 Å². The Labute approximate surface area is 131 Å². The lowest BCUT2D eigenvalue weighted by molar-refractivity contribution is 0.301. The number of nitrogens with zero attached hydrogens (tertiary/aromatic N) is 2. The molecule has 0 N–H and O–H groups in total. The summed E-state index contributed by atoms with van der Waals surface area (Å²) in [5, 5.41) is 11.7. The van der Waals surface area contributed by atoms with Gasteiger partial charge in [0, 0.05) is 10.9 Å². The number of para-hydroxylation sites is 1. The fraction of sp³-hybridized carbons (Fsp3) is 0.0588. The Hall–Kier alpha value is -2.71. The Morgan fingerprint density at radius 1 is 1.14 bits per heavy atom. The van der Waals surface area contributed by atoms with Gasteiger partial charge < -0.3 is 4.74 Å². The minimum Gasteiger partial charge on any atom is -0.486 e. The molecule has 1 heterocycles. The van der Waals surface area contributed by atoms with Crippen molar-refractivity contribution in [3.05, 3.63) is 71.0 Å². The minimum atomic E-state index is -0.267. The van der Waals surface area contributed by atoms with Crippen LogP contribution in [0.1, 0.15) is 11.3 Å². The van der Waals surface area contributed by atoms with Gasteiger partial charge in [-0.15, -0.1) is 11.3 Å². The monoisotopic (exact) mass is 310 g/mol. The van der Waals surface area contributed by atoms with Crippen molar-refractivity contribution in [1.29, 1.82) is 5.26 Å². The Morgan fingerprint density at radius 2 is 1.91 bits per heavy atom. The maximum atomic E-state index is 12.9. The maximum Gasteiger partial charge on any atom is 0.137 e. The molecule has 0 aliphatic heterocycles. The van der Waals surface area contributed by atoms with Crippen molar-refractivity contribution in [3.8, 4) is 22.4 Å². The van der Waals surface area contributed by atoms with Crippen LogP contribution in [0.2, 0.25) is 0 Å². The summed E-state index contributed by atoms with van der Waals surface area (Å²) in [5.41, 5.74) is 2.14. The Morgan fingerprint density at radius 3 is 2.68 bits per heavy atom. The second-order valence-corrected chi connectivity index (χ2v) is 5.41. The van der Waals surface area contributed by atoms with Gasteiger partial charge in [0.15, 0.2) is 0 Å². The number of halogens is 1. The van der Waals surface area contributed by atoms with Crippen LogP contribution in [0, 0.1) is 17.1 Å². The number of rotatable bonds is 4. The molecule has 3 aromatic rings. The topological polar surface area (TPSA) is 45.9 Å². The molecule has 1 aromatic heterocycles. The third kappa shape index (κ3) is 3.13. The lowest BCUT2D eigenvalue weighted by Gasteiger charge is -2.05. The van der Waals surface area contributed by atoms with E-state index in [0.29, 0.717) is 11.3 Å². The van der Waals surface area contributed by atoms with Crippen molar-refractivity contribution < 1.29 is 9.13 Å². The van der Waals surface area contributed by atoms with E-state index in [2.05, 4.69) is 11.1 Å². The first-order chi connectivity index (χ1) is 10.8. The normalized spacial score (nSPS) is 10.2. The first kappa shape index (κ1) is 14.2. The molecule has 0 saturated heterocycles. The highest BCUT2D eigenvalue weighted by Gasteiger charge is 2.07. The highest BCUT2D eigenvalue weighted by atomic mass is 32.1. The van der Waals surface area contributed by atoms with Crippen LogP contribution >= 0.6 is 11.3 Å². The predicted molar refractivity (Wildman–Crippen MR) is 83.0 cm³/mol. The summed E-state index contributed by atoms with van der Waals surface area (Å²) in [6.45, 7) is 0.288. The van der Waals surface area contributed by atoms with E-state index < -0.39 is 0 Å². The molecule has 0 radical (unpaired) electrons. The third-order valence-corrected chi connectivity index (χ3v) is 3.97. The van der Waals surface area contributed by atoms with Crippen molar-refractivity contribution in [2.24, 2.45) is 0 Å². The molecular formula is C17H11FN2OS. The molecule has 3 nitrogen and oxygen atoms in total. The molecule has 0 unspecified atom stereocenters. The number of thiazole rings is 1. The van der Waals surface area contributed by atoms with E-state index in [0.717, 1.165) is 16.3 Å². The van der Waals surface area contributed by atoms with E-state index in [1.807, 2.05) is 11.4 Å². The van der Waals surface area contributed by atoms with Gasteiger partial charge in [-0.05, 0) is 36.4 Å². The summed E-state index contributed by atoms with van der Waals surface area (Å²) in [6, 6.07) is 15.4. The van der Waals surface area contributed by atoms with Gasteiger partial charge >= 0.3 is 0 Å². The minimum absolute atomic E-state index is 0.267. The van der Waals surface area contributed by atoms with Crippen molar-refractivity contribution in [2.75, 3.05) is 0 Å². The lowest BCUT2D eigenvalue weighted by Crippen LogP contribution is -1.97. The average molecular weight is 310 g/mol. The largest absolute Gasteiger partial charge is 0.486 e. The second kappa shape index (κ2) is 6.37. The van der Waals surface area contributed by atoms with Crippen LogP contribution < -0.4 is 4.74 Å². The van der Waals surface area contributed by atoms with Crippen LogP contribution in [-0.2, 0) is 6.61 Å². The van der Waals surface area contributed by atoms with Crippen molar-refractivity contribution in [2.45, 2.75) is 6.61 Å². The van der Waals surface area contributed by atoms with E-state index in [1.54, 1.807) is 30.3 Å². The molecule has 0 aliphatic rings. The summed E-state index contributed by atoms with van der Waals surface area (Å²) in [6.07, 6.45) is 0. The van der Waals surface area contributed by atoms with Gasteiger partial charge in [0.1, 0.15) is 29.3 Å². The fourth-order valence-electron chi connectivity index (χ4n) is 1.93. The lowest BCUT2D eigenvalue weighted by atomic mass is 10.2. The van der Waals surface area contributed by atoms with Gasteiger partial charge in [-0.2, -0.15) is 5.26 Å². The summed E-state index contributed by atoms with van der Waals surface area (Å²) in [4.78, 5) is 4.47. The number of aromatic nitrogens is 1. The summed E-state index contributed by atoms with van der Waals surface area (Å²) < 4.78 is 18.6. The standard InChI is InChI=1S/C17H11FN2OS/c18-14-7-5-12(6-8-14)17-20-15(11-22-17)10-21-16-4-2-1-3-13(16)9-19/h1-8,11H,10H2. The number of hydrogen-bond acceptors (Lipinski definition) is 4. The Bertz CT molecular complexity index is 821. The van der Waals surface area contributed by atoms with Gasteiger partial charge in [0.2, 0.25) is 0 Å². The highest BCUT2D eigenvalue weighted by molar-refractivity contribution is 7.13. The molecule has 3 rings (SSSR count). The molecule has 108 valence electrons. The van der Waals surface area contributed by atoms with Crippen LogP contribution in [0.5, 0.6) is 5.75 Å². The molecule has 0 bridgehead atoms. The number of ether oxygens (including phenoxy) is 1. The molecule has 0 aliphatic carbocycles. The first-order valence-corrected chi connectivity index (χ1v) is 7.46. The maximum absolute atomic E-state index is 12.9. The molecule has 0 atom stereocenters. The average Bonchev–Trinajstić information content (AvgIpc) is 3.03. The van der Waals surface area contributed by atoms with Gasteiger partial charge in [0.25, 0.3) is 0 Å². The molecule has 22 heavy (non-hydrogen) atoms. The molecule has 2 aromatic carbocycles. The van der Waals surface area contributed by atoms with Crippen LogP contribution in [0.3, 0.4) is 0 Å². The van der Waals surface area contributed by atoms with Crippen LogP contribution in [0.4, 0.5) is 4.39 Å². The highest BCUT2D eigenvalue weighted by Crippen LogP contribution is 2.25. The molecule has 5 heteroatoms. The third-order valence-electron chi connectivity index (χ3n) is 3.03. The van der Waals surface area contributed by atoms with E-state index in [1.165, 1.54) is 23.5 Å². The Kier molecular flexibility index (Phi) is 4.12. The summed E-state index contributed by atoms with van der Waals surface area (Å²) in [7, 11) is 0. The number of hydrogen-bond donors (Lipinski definition) is 0. The zero-order valence-corrected chi connectivity index (χ0v) is 12.3. The quantitative estimate of drug-likeness (QED) is 0.717. The van der Waals surface area contributed by atoms with Gasteiger partial charge in [-0.25, -0.2) is 9.37 Å². The fourth-order valence-corrected chi connectivity index (χ4v) is 2.75. The van der Waals surface area contributed by atoms with E-state index in [9.17, 15) is 4.39 Å². The van der Waals surface area contributed by atoms with Gasteiger partial charge in [-0.1, -0.05) is 12.1 Å². The van der Waals surface area contributed by atoms with Gasteiger partial charge in [0.05, 0.1) is 11.3 Å². The predicted octanol–water partition coefficient (Wildman–Crippen LogP) is 4.40. The SMILES string of the molecule is N#Cc1ccccc1OCc1csc(-c2ccc(F)cc2)n1. The van der Waals surface area contributed by atoms with E-state index >= 15 is 0 Å². The van der Waals surface area contributed by atoms with Crippen LogP contribution in [0.15, 0.2) is 53.9 Å². The molecule has 0 fully saturated rings. The number of benzene rings is 2. The first-order valence-electron chi connectivity index (χ1n) is 6.58. The molecule has 0 saturated carbocycles. The zero-order valence-electron chi connectivity index (χ0n) is 11.5. The molecule has 0 spiro atoms. The van der Waals surface area contributed by atoms with E-state index in [4.69, 9.17) is 10.00 Å². The van der Waals surface area contributed by atoms with Gasteiger partial charge in [-0.3, -0.25) is 0 Å². The molecule has 0 amide bonds. The smallest absolute Gasteiger partial charge is 0.137 e. The van der Waals surface area contributed by atoms with Crippen LogP contribution in [-0.4, -0.2) is 4.98 Å². The summed E-state index contributed by atoms with van der Waals surface area (Å²) >= 11 is 1.48. The zero-order chi connectivity index (χ0) is 15.4. The Balaban J connectivity index is 1.72. The number of nitriles is 1. The second-order valence-electron chi connectivity index (χ2n) is 4.55. The van der Waals surface area contributed by atoms with Crippen molar-refractivity contribution >= 4 is 11.3 Å². The van der Waals surface area contributed by atoms with Crippen molar-refractivity contribution in [3.63, 3.8) is 0 Å². The summed E-state index contributed by atoms with van der Waals surface area (Å²) in [5.74, 6) is 0.276. The van der Waals surface area contributed by atoms with E-state index in [-0.39, 0.29) is 12.4 Å².